The van der Waals surface area contributed by atoms with Crippen molar-refractivity contribution in [1.82, 2.24) is 9.88 Å². The van der Waals surface area contributed by atoms with Crippen LogP contribution in [0.3, 0.4) is 0 Å². The van der Waals surface area contributed by atoms with E-state index in [0.717, 1.165) is 22.3 Å². The number of aromatic carboxylic acids is 1. The molecule has 0 unspecified atom stereocenters. The highest BCUT2D eigenvalue weighted by Crippen LogP contribution is 2.43. The van der Waals surface area contributed by atoms with E-state index >= 15 is 0 Å². The van der Waals surface area contributed by atoms with Crippen LogP contribution in [0.5, 0.6) is 0 Å². The standard InChI is InChI=1S/C34H30N2O7S/c1-20-28(19-44-30-27(33(40)41)7-4-16-35-30)42-34(43-29(20)23-12-10-22(18-37)11-13-23)24-14-8-21(9-15-24)17-36-31(38)25-5-2-3-6-26(25)32(36)39/h2-16,20,28-29,34,37H,17-19H2,1H3,(H,40,41)/t20-,28+,29+,34+/m1/s1. The van der Waals surface area contributed by atoms with Gasteiger partial charge in [-0.15, -0.1) is 11.8 Å². The number of carboxylic acids is 1. The van der Waals surface area contributed by atoms with Crippen molar-refractivity contribution < 1.29 is 34.1 Å². The second-order valence-corrected chi connectivity index (χ2v) is 11.8. The predicted molar refractivity (Wildman–Crippen MR) is 162 cm³/mol. The maximum absolute atomic E-state index is 12.8. The van der Waals surface area contributed by atoms with Crippen molar-refractivity contribution in [2.24, 2.45) is 5.92 Å². The van der Waals surface area contributed by atoms with E-state index in [9.17, 15) is 24.6 Å². The molecule has 2 amide bonds. The van der Waals surface area contributed by atoms with Gasteiger partial charge in [-0.3, -0.25) is 14.5 Å². The number of aliphatic hydroxyl groups is 1. The first-order valence-electron chi connectivity index (χ1n) is 14.2. The van der Waals surface area contributed by atoms with Gasteiger partial charge in [-0.05, 0) is 41.0 Å². The summed E-state index contributed by atoms with van der Waals surface area (Å²) in [5.41, 5.74) is 4.24. The topological polar surface area (TPSA) is 126 Å². The molecule has 3 aromatic carbocycles. The highest BCUT2D eigenvalue weighted by atomic mass is 32.2. The van der Waals surface area contributed by atoms with Gasteiger partial charge in [0.25, 0.3) is 11.8 Å². The Morgan fingerprint density at radius 2 is 1.50 bits per heavy atom. The second-order valence-electron chi connectivity index (χ2n) is 10.8. The van der Waals surface area contributed by atoms with Crippen LogP contribution in [0.2, 0.25) is 0 Å². The van der Waals surface area contributed by atoms with Crippen LogP contribution in [0.1, 0.15) is 72.6 Å². The molecule has 9 nitrogen and oxygen atoms in total. The van der Waals surface area contributed by atoms with Crippen LogP contribution in [0.15, 0.2) is 96.2 Å². The third-order valence-corrected chi connectivity index (χ3v) is 9.07. The average Bonchev–Trinajstić information content (AvgIpc) is 3.29. The number of imide groups is 1. The van der Waals surface area contributed by atoms with Gasteiger partial charge >= 0.3 is 5.97 Å². The van der Waals surface area contributed by atoms with Crippen molar-refractivity contribution in [3.63, 3.8) is 0 Å². The number of benzene rings is 3. The molecule has 2 aliphatic heterocycles. The van der Waals surface area contributed by atoms with E-state index in [1.54, 1.807) is 36.5 Å². The first-order valence-corrected chi connectivity index (χ1v) is 15.2. The van der Waals surface area contributed by atoms with Crippen molar-refractivity contribution in [3.05, 3.63) is 130 Å². The fourth-order valence-electron chi connectivity index (χ4n) is 5.49. The number of carboxylic acid groups (broad SMARTS) is 1. The van der Waals surface area contributed by atoms with Crippen LogP contribution in [0.25, 0.3) is 0 Å². The van der Waals surface area contributed by atoms with Gasteiger partial charge in [0.2, 0.25) is 0 Å². The Labute approximate surface area is 258 Å². The molecule has 0 radical (unpaired) electrons. The third kappa shape index (κ3) is 5.89. The number of fused-ring (bicyclic) bond motifs is 1. The van der Waals surface area contributed by atoms with Gasteiger partial charge in [0.1, 0.15) is 5.03 Å². The summed E-state index contributed by atoms with van der Waals surface area (Å²) in [7, 11) is 0. The van der Waals surface area contributed by atoms with Gasteiger partial charge in [-0.25, -0.2) is 9.78 Å². The molecule has 0 aliphatic carbocycles. The van der Waals surface area contributed by atoms with Crippen molar-refractivity contribution in [2.45, 2.75) is 43.6 Å². The second kappa shape index (κ2) is 12.7. The zero-order valence-electron chi connectivity index (χ0n) is 23.8. The number of aromatic nitrogens is 1. The number of amides is 2. The Kier molecular flexibility index (Phi) is 8.58. The smallest absolute Gasteiger partial charge is 0.338 e. The van der Waals surface area contributed by atoms with E-state index in [1.807, 2.05) is 55.5 Å². The van der Waals surface area contributed by atoms with Gasteiger partial charge in [0.15, 0.2) is 6.29 Å². The molecule has 0 bridgehead atoms. The molecule has 2 N–H and O–H groups in total. The fourth-order valence-corrected chi connectivity index (χ4v) is 6.64. The molecule has 44 heavy (non-hydrogen) atoms. The largest absolute Gasteiger partial charge is 0.478 e. The lowest BCUT2D eigenvalue weighted by atomic mass is 9.91. The Morgan fingerprint density at radius 1 is 0.864 bits per heavy atom. The van der Waals surface area contributed by atoms with E-state index in [-0.39, 0.29) is 48.7 Å². The van der Waals surface area contributed by atoms with Gasteiger partial charge in [0, 0.05) is 23.4 Å². The number of hydrogen-bond acceptors (Lipinski definition) is 8. The summed E-state index contributed by atoms with van der Waals surface area (Å²) in [6, 6.07) is 25.0. The number of ether oxygens (including phenoxy) is 2. The summed E-state index contributed by atoms with van der Waals surface area (Å²) < 4.78 is 13.0. The molecule has 0 saturated carbocycles. The number of hydrogen-bond donors (Lipinski definition) is 2. The minimum Gasteiger partial charge on any atom is -0.478 e. The molecule has 224 valence electrons. The van der Waals surface area contributed by atoms with Crippen LogP contribution in [0, 0.1) is 5.92 Å². The number of carbonyl (C=O) groups excluding carboxylic acids is 2. The van der Waals surface area contributed by atoms with Crippen molar-refractivity contribution in [1.29, 1.82) is 0 Å². The highest BCUT2D eigenvalue weighted by molar-refractivity contribution is 7.99. The number of aliphatic hydroxyl groups excluding tert-OH is 1. The summed E-state index contributed by atoms with van der Waals surface area (Å²) in [6.07, 6.45) is 0.187. The number of nitrogens with zero attached hydrogens (tertiary/aromatic N) is 2. The molecule has 4 aromatic rings. The molecule has 1 aromatic heterocycles. The summed E-state index contributed by atoms with van der Waals surface area (Å²) in [5, 5.41) is 19.5. The molecule has 4 atom stereocenters. The zero-order chi connectivity index (χ0) is 30.8. The van der Waals surface area contributed by atoms with Crippen molar-refractivity contribution in [2.75, 3.05) is 5.75 Å². The molecule has 1 saturated heterocycles. The molecular weight excluding hydrogens is 580 g/mol. The lowest BCUT2D eigenvalue weighted by Gasteiger charge is -2.41. The summed E-state index contributed by atoms with van der Waals surface area (Å²) in [5.74, 6) is -1.30. The molecule has 6 rings (SSSR count). The molecule has 2 aliphatic rings. The van der Waals surface area contributed by atoms with E-state index in [2.05, 4.69) is 4.98 Å². The van der Waals surface area contributed by atoms with E-state index < -0.39 is 12.3 Å². The Hall–Kier alpha value is -4.35. The van der Waals surface area contributed by atoms with Crippen molar-refractivity contribution in [3.8, 4) is 0 Å². The third-order valence-electron chi connectivity index (χ3n) is 7.98. The summed E-state index contributed by atoms with van der Waals surface area (Å²) in [6.45, 7) is 2.12. The minimum atomic E-state index is -1.04. The van der Waals surface area contributed by atoms with Crippen LogP contribution in [-0.4, -0.2) is 49.7 Å². The predicted octanol–water partition coefficient (Wildman–Crippen LogP) is 5.65. The maximum atomic E-state index is 12.8. The minimum absolute atomic E-state index is 0.0601. The zero-order valence-corrected chi connectivity index (χ0v) is 24.6. The van der Waals surface area contributed by atoms with Gasteiger partial charge in [-0.1, -0.05) is 67.6 Å². The summed E-state index contributed by atoms with van der Waals surface area (Å²) >= 11 is 1.33. The molecule has 3 heterocycles. The monoisotopic (exact) mass is 610 g/mol. The first-order chi connectivity index (χ1) is 21.3. The van der Waals surface area contributed by atoms with Crippen LogP contribution < -0.4 is 0 Å². The molecule has 1 fully saturated rings. The van der Waals surface area contributed by atoms with E-state index in [4.69, 9.17) is 9.47 Å². The maximum Gasteiger partial charge on any atom is 0.338 e. The quantitative estimate of drug-likeness (QED) is 0.183. The molecule has 10 heteroatoms. The van der Waals surface area contributed by atoms with E-state index in [0.29, 0.717) is 21.9 Å². The number of thioether (sulfide) groups is 1. The lowest BCUT2D eigenvalue weighted by Crippen LogP contribution is -2.38. The Bertz CT molecular complexity index is 1660. The summed E-state index contributed by atoms with van der Waals surface area (Å²) in [4.78, 5) is 42.9. The van der Waals surface area contributed by atoms with E-state index in [1.165, 1.54) is 22.7 Å². The fraction of sp³-hybridized carbons (Fsp3) is 0.235. The number of carbonyl (C=O) groups is 3. The normalized spacial score (nSPS) is 21.4. The van der Waals surface area contributed by atoms with Crippen LogP contribution in [0.4, 0.5) is 0 Å². The van der Waals surface area contributed by atoms with Crippen LogP contribution >= 0.6 is 11.8 Å². The highest BCUT2D eigenvalue weighted by Gasteiger charge is 2.39. The number of pyridine rings is 1. The average molecular weight is 611 g/mol. The van der Waals surface area contributed by atoms with Gasteiger partial charge < -0.3 is 19.7 Å². The first kappa shape index (κ1) is 29.7. The molecule has 0 spiro atoms. The SMILES string of the molecule is C[C@@H]1[C@H](CSc2ncccc2C(=O)O)O[C@H](c2ccc(CN3C(=O)c4ccccc4C3=O)cc2)O[C@@H]1c1ccc(CO)cc1. The van der Waals surface area contributed by atoms with Gasteiger partial charge in [0.05, 0.1) is 42.0 Å². The lowest BCUT2D eigenvalue weighted by molar-refractivity contribution is -0.268. The number of rotatable bonds is 9. The van der Waals surface area contributed by atoms with Crippen molar-refractivity contribution >= 4 is 29.5 Å². The van der Waals surface area contributed by atoms with Crippen LogP contribution in [-0.2, 0) is 22.6 Å². The Balaban J connectivity index is 1.22. The Morgan fingerprint density at radius 3 is 2.14 bits per heavy atom. The molecular formula is C34H30N2O7S. The van der Waals surface area contributed by atoms with Gasteiger partial charge in [-0.2, -0.15) is 0 Å².